The molecule has 1 heterocycles. The fourth-order valence-corrected chi connectivity index (χ4v) is 2.90. The van der Waals surface area contributed by atoms with Gasteiger partial charge in [-0.3, -0.25) is 4.79 Å². The van der Waals surface area contributed by atoms with Crippen molar-refractivity contribution in [2.45, 2.75) is 62.4 Å². The number of hydrazone groups is 1. The summed E-state index contributed by atoms with van der Waals surface area (Å²) in [5.41, 5.74) is 3.24. The average molecular weight is 406 g/mol. The van der Waals surface area contributed by atoms with Crippen molar-refractivity contribution in [1.82, 2.24) is 10.7 Å². The van der Waals surface area contributed by atoms with E-state index >= 15 is 0 Å². The van der Waals surface area contributed by atoms with Crippen LogP contribution in [0.2, 0.25) is 0 Å². The van der Waals surface area contributed by atoms with Gasteiger partial charge in [-0.1, -0.05) is 0 Å². The largest absolute Gasteiger partial charge is 0.544 e. The Bertz CT molecular complexity index is 574. The van der Waals surface area contributed by atoms with Gasteiger partial charge in [0.05, 0.1) is 18.8 Å². The minimum absolute atomic E-state index is 0.00150. The van der Waals surface area contributed by atoms with Gasteiger partial charge in [-0.15, -0.1) is 0 Å². The molecule has 162 valence electrons. The molecule has 1 aliphatic heterocycles. The highest BCUT2D eigenvalue weighted by Gasteiger charge is 2.52. The molecule has 1 fully saturated rings. The third-order valence-electron chi connectivity index (χ3n) is 4.48. The highest BCUT2D eigenvalue weighted by molar-refractivity contribution is 5.87. The van der Waals surface area contributed by atoms with Crippen LogP contribution >= 0.6 is 0 Å². The molecule has 0 spiro atoms. The summed E-state index contributed by atoms with van der Waals surface area (Å²) in [5, 5.41) is 57.3. The van der Waals surface area contributed by atoms with Crippen molar-refractivity contribution in [2.24, 2.45) is 5.10 Å². The molecule has 0 radical (unpaired) electrons. The van der Waals surface area contributed by atoms with Crippen LogP contribution in [0.25, 0.3) is 0 Å². The van der Waals surface area contributed by atoms with Gasteiger partial charge in [0.2, 0.25) is 11.7 Å². The van der Waals surface area contributed by atoms with Crippen LogP contribution in [0.1, 0.15) is 26.2 Å². The third-order valence-corrected chi connectivity index (χ3v) is 4.48. The van der Waals surface area contributed by atoms with E-state index < -0.39 is 61.1 Å². The fraction of sp³-hybridized carbons (Fsp3) is 0.812. The van der Waals surface area contributed by atoms with Gasteiger partial charge in [-0.2, -0.15) is 5.10 Å². The Kier molecular flexibility index (Phi) is 9.20. The van der Waals surface area contributed by atoms with Crippen LogP contribution in [-0.4, -0.2) is 95.0 Å². The number of hydrogen-bond donors (Lipinski definition) is 6. The van der Waals surface area contributed by atoms with Gasteiger partial charge in [0.1, 0.15) is 24.3 Å². The van der Waals surface area contributed by atoms with E-state index in [9.17, 15) is 30.0 Å². The van der Waals surface area contributed by atoms with Crippen molar-refractivity contribution < 1.29 is 44.6 Å². The average Bonchev–Trinajstić information content (AvgIpc) is 2.66. The molecule has 6 atom stereocenters. The van der Waals surface area contributed by atoms with Crippen molar-refractivity contribution in [3.8, 4) is 0 Å². The Hall–Kier alpha value is -1.83. The van der Waals surface area contributed by atoms with Crippen molar-refractivity contribution >= 4 is 17.6 Å². The fourth-order valence-electron chi connectivity index (χ4n) is 2.90. The Balaban J connectivity index is 3.01. The number of rotatable bonds is 10. The summed E-state index contributed by atoms with van der Waals surface area (Å²) < 4.78 is 10.1. The van der Waals surface area contributed by atoms with Gasteiger partial charge in [-0.25, -0.2) is 0 Å². The van der Waals surface area contributed by atoms with Crippen molar-refractivity contribution in [2.75, 3.05) is 20.8 Å². The van der Waals surface area contributed by atoms with Gasteiger partial charge in [-0.05, 0) is 13.3 Å². The molecule has 0 saturated carbocycles. The highest BCUT2D eigenvalue weighted by atomic mass is 16.7. The molecular weight excluding hydrogens is 378 g/mol. The van der Waals surface area contributed by atoms with Gasteiger partial charge in [0, 0.05) is 32.7 Å². The Morgan fingerprint density at radius 2 is 2.04 bits per heavy atom. The van der Waals surface area contributed by atoms with E-state index in [1.54, 1.807) is 14.0 Å². The molecule has 0 aromatic rings. The predicted molar refractivity (Wildman–Crippen MR) is 92.7 cm³/mol. The molecule has 1 saturated heterocycles. The zero-order chi connectivity index (χ0) is 21.5. The summed E-state index contributed by atoms with van der Waals surface area (Å²) in [7, 11) is 2.62. The van der Waals surface area contributed by atoms with Gasteiger partial charge >= 0.3 is 0 Å². The van der Waals surface area contributed by atoms with Crippen LogP contribution < -0.4 is 15.8 Å². The maximum absolute atomic E-state index is 12.2. The van der Waals surface area contributed by atoms with Crippen LogP contribution in [0.5, 0.6) is 0 Å². The van der Waals surface area contributed by atoms with Crippen LogP contribution in [0.3, 0.4) is 0 Å². The number of methoxy groups -OCH3 is 1. The molecule has 12 nitrogen and oxygen atoms in total. The number of carbonyl (C=O) groups is 2. The smallest absolute Gasteiger partial charge is 0.220 e. The lowest BCUT2D eigenvalue weighted by Gasteiger charge is -2.48. The van der Waals surface area contributed by atoms with Crippen molar-refractivity contribution in [3.05, 3.63) is 0 Å². The first-order valence-electron chi connectivity index (χ1n) is 8.70. The lowest BCUT2D eigenvalue weighted by atomic mass is 9.88. The molecule has 0 aromatic heterocycles. The minimum atomic E-state index is -2.39. The lowest BCUT2D eigenvalue weighted by Crippen LogP contribution is -2.69. The molecule has 1 amide bonds. The highest BCUT2D eigenvalue weighted by Crippen LogP contribution is 2.32. The molecule has 28 heavy (non-hydrogen) atoms. The van der Waals surface area contributed by atoms with E-state index in [0.29, 0.717) is 12.1 Å². The normalized spacial score (nSPS) is 30.4. The van der Waals surface area contributed by atoms with E-state index in [2.05, 4.69) is 15.8 Å². The topological polar surface area (TPSA) is 193 Å². The van der Waals surface area contributed by atoms with Crippen molar-refractivity contribution in [1.29, 1.82) is 0 Å². The second kappa shape index (κ2) is 10.6. The number of hydrogen-bond acceptors (Lipinski definition) is 11. The number of aliphatic hydroxyl groups is 4. The zero-order valence-corrected chi connectivity index (χ0v) is 16.0. The molecule has 0 aromatic carbocycles. The maximum Gasteiger partial charge on any atom is 0.220 e. The third kappa shape index (κ3) is 5.83. The molecular formula is C16H28N3O9-. The molecule has 1 aliphatic rings. The summed E-state index contributed by atoms with van der Waals surface area (Å²) in [6.45, 7) is 0.849. The number of carbonyl (C=O) groups excluding carboxylic acids is 2. The monoisotopic (exact) mass is 406 g/mol. The number of nitrogens with one attached hydrogen (secondary N) is 2. The Labute approximate surface area is 162 Å². The number of amides is 1. The summed E-state index contributed by atoms with van der Waals surface area (Å²) in [5.74, 6) is -4.71. The van der Waals surface area contributed by atoms with Gasteiger partial charge in [0.15, 0.2) is 0 Å². The van der Waals surface area contributed by atoms with Crippen molar-refractivity contribution in [3.63, 3.8) is 0 Å². The predicted octanol–water partition coefficient (Wildman–Crippen LogP) is -4.20. The quantitative estimate of drug-likeness (QED) is 0.153. The van der Waals surface area contributed by atoms with Crippen LogP contribution in [-0.2, 0) is 19.1 Å². The first kappa shape index (κ1) is 24.2. The van der Waals surface area contributed by atoms with Crippen LogP contribution in [0.15, 0.2) is 5.10 Å². The standard InChI is InChI=1S/C16H29N3O9/c1-8(19-17-2)4-5-11(23)18-12-9(21)6-16(27-3,15(25)26)28-14(12)13(24)10(22)7-20/h9-10,12-14,17,20-22,24H,4-7H2,1-3H3,(H,18,23)(H,25,26)/p-1/b19-8+/t9-,10-,12-,13-,14?,16-/m1/s1. The summed E-state index contributed by atoms with van der Waals surface area (Å²) >= 11 is 0. The minimum Gasteiger partial charge on any atom is -0.544 e. The molecule has 1 rings (SSSR count). The number of carboxylic acid groups (broad SMARTS) is 1. The van der Waals surface area contributed by atoms with E-state index in [-0.39, 0.29) is 6.42 Å². The number of carboxylic acids is 1. The molecule has 12 heteroatoms. The van der Waals surface area contributed by atoms with Gasteiger partial charge in [0.25, 0.3) is 0 Å². The summed E-state index contributed by atoms with van der Waals surface area (Å²) in [4.78, 5) is 23.7. The number of ether oxygens (including phenoxy) is 2. The summed E-state index contributed by atoms with van der Waals surface area (Å²) in [6, 6.07) is -1.27. The Morgan fingerprint density at radius 1 is 1.39 bits per heavy atom. The second-order valence-corrected chi connectivity index (χ2v) is 6.50. The Morgan fingerprint density at radius 3 is 2.54 bits per heavy atom. The van der Waals surface area contributed by atoms with Gasteiger partial charge < -0.3 is 50.5 Å². The number of aliphatic carboxylic acids is 1. The first-order valence-corrected chi connectivity index (χ1v) is 8.70. The zero-order valence-electron chi connectivity index (χ0n) is 16.0. The van der Waals surface area contributed by atoms with Crippen LogP contribution in [0, 0.1) is 0 Å². The SMILES string of the molecule is CN/N=C(\C)CCC(=O)N[C@H]1C([C@H](O)[C@H](O)CO)O[C@@](OC)(C(=O)[O-])C[C@H]1O. The molecule has 0 aliphatic carbocycles. The lowest BCUT2D eigenvalue weighted by molar-refractivity contribution is -0.378. The molecule has 0 bridgehead atoms. The van der Waals surface area contributed by atoms with E-state index in [1.165, 1.54) is 0 Å². The van der Waals surface area contributed by atoms with E-state index in [0.717, 1.165) is 7.11 Å². The maximum atomic E-state index is 12.2. The number of aliphatic hydroxyl groups excluding tert-OH is 4. The number of nitrogens with zero attached hydrogens (tertiary/aromatic N) is 1. The molecule has 1 unspecified atom stereocenters. The van der Waals surface area contributed by atoms with Crippen LogP contribution in [0.4, 0.5) is 0 Å². The summed E-state index contributed by atoms with van der Waals surface area (Å²) in [6.07, 6.45) is -6.92. The van der Waals surface area contributed by atoms with E-state index in [1.807, 2.05) is 0 Å². The second-order valence-electron chi connectivity index (χ2n) is 6.50. The van der Waals surface area contributed by atoms with E-state index in [4.69, 9.17) is 14.6 Å². The first-order chi connectivity index (χ1) is 13.1. The molecule has 6 N–H and O–H groups in total.